The van der Waals surface area contributed by atoms with Crippen molar-refractivity contribution < 1.29 is 14.3 Å². The number of methoxy groups -OCH3 is 1. The van der Waals surface area contributed by atoms with E-state index in [1.54, 1.807) is 22.7 Å². The van der Waals surface area contributed by atoms with Crippen LogP contribution in [0.5, 0.6) is 0 Å². The average Bonchev–Trinajstić information content (AvgIpc) is 3.37. The number of likely N-dealkylation sites (tertiary alicyclic amines) is 1. The summed E-state index contributed by atoms with van der Waals surface area (Å²) >= 11 is 0. The van der Waals surface area contributed by atoms with Crippen molar-refractivity contribution in [3.63, 3.8) is 0 Å². The maximum atomic E-state index is 12.6. The van der Waals surface area contributed by atoms with E-state index in [9.17, 15) is 9.59 Å². The van der Waals surface area contributed by atoms with Crippen LogP contribution in [0.15, 0.2) is 18.5 Å². The molecule has 1 fully saturated rings. The number of nitrogens with zero attached hydrogens (tertiary/aromatic N) is 6. The smallest absolute Gasteiger partial charge is 0.273 e. The molecule has 0 spiro atoms. The van der Waals surface area contributed by atoms with E-state index in [1.807, 2.05) is 24.1 Å². The van der Waals surface area contributed by atoms with Gasteiger partial charge >= 0.3 is 0 Å². The standard InChI is InChI=1S/C17H25N7O3/c1-13-5-8-22(20-13)12-16(25)24-7-3-4-14(24)10-23-11-15(19-21-23)17(26)18-6-9-27-2/h5,8,11,14H,3-4,6-7,9-10,12H2,1-2H3,(H,18,26)/t14-/m0/s1. The van der Waals surface area contributed by atoms with Gasteiger partial charge < -0.3 is 15.0 Å². The van der Waals surface area contributed by atoms with Crippen molar-refractivity contribution >= 4 is 11.8 Å². The summed E-state index contributed by atoms with van der Waals surface area (Å²) in [5.41, 5.74) is 1.15. The molecule has 2 aromatic rings. The van der Waals surface area contributed by atoms with Crippen LogP contribution in [0.2, 0.25) is 0 Å². The fraction of sp³-hybridized carbons (Fsp3) is 0.588. The monoisotopic (exact) mass is 375 g/mol. The fourth-order valence-electron chi connectivity index (χ4n) is 3.20. The van der Waals surface area contributed by atoms with Gasteiger partial charge in [0.1, 0.15) is 6.54 Å². The molecule has 1 aliphatic heterocycles. The van der Waals surface area contributed by atoms with Gasteiger partial charge in [-0.2, -0.15) is 5.10 Å². The fourth-order valence-corrected chi connectivity index (χ4v) is 3.20. The first-order valence-corrected chi connectivity index (χ1v) is 9.03. The first kappa shape index (κ1) is 19.0. The Morgan fingerprint density at radius 3 is 2.96 bits per heavy atom. The Labute approximate surface area is 157 Å². The molecule has 1 atom stereocenters. The van der Waals surface area contributed by atoms with E-state index in [2.05, 4.69) is 20.7 Å². The van der Waals surface area contributed by atoms with Crippen molar-refractivity contribution in [2.24, 2.45) is 0 Å². The van der Waals surface area contributed by atoms with Crippen molar-refractivity contribution in [3.8, 4) is 0 Å². The zero-order chi connectivity index (χ0) is 19.2. The Morgan fingerprint density at radius 1 is 1.37 bits per heavy atom. The molecule has 0 aliphatic carbocycles. The number of carbonyl (C=O) groups is 2. The van der Waals surface area contributed by atoms with E-state index in [1.165, 1.54) is 0 Å². The highest BCUT2D eigenvalue weighted by Gasteiger charge is 2.29. The molecule has 10 nitrogen and oxygen atoms in total. The molecule has 0 radical (unpaired) electrons. The number of amides is 2. The van der Waals surface area contributed by atoms with E-state index in [0.29, 0.717) is 19.7 Å². The van der Waals surface area contributed by atoms with Gasteiger partial charge in [-0.15, -0.1) is 5.10 Å². The highest BCUT2D eigenvalue weighted by molar-refractivity contribution is 5.91. The van der Waals surface area contributed by atoms with Gasteiger partial charge in [-0.05, 0) is 25.8 Å². The van der Waals surface area contributed by atoms with Gasteiger partial charge in [-0.3, -0.25) is 14.3 Å². The van der Waals surface area contributed by atoms with Gasteiger partial charge in [-0.1, -0.05) is 5.21 Å². The predicted octanol–water partition coefficient (Wildman–Crippen LogP) is -0.150. The van der Waals surface area contributed by atoms with Gasteiger partial charge in [0, 0.05) is 26.4 Å². The lowest BCUT2D eigenvalue weighted by atomic mass is 10.2. The molecule has 3 heterocycles. The number of aryl methyl sites for hydroxylation is 1. The van der Waals surface area contributed by atoms with Crippen LogP contribution >= 0.6 is 0 Å². The lowest BCUT2D eigenvalue weighted by Crippen LogP contribution is -2.40. The second-order valence-electron chi connectivity index (χ2n) is 6.61. The van der Waals surface area contributed by atoms with Gasteiger partial charge in [0.25, 0.3) is 5.91 Å². The summed E-state index contributed by atoms with van der Waals surface area (Å²) in [6.07, 6.45) is 5.27. The molecule has 2 aromatic heterocycles. The summed E-state index contributed by atoms with van der Waals surface area (Å²) in [5.74, 6) is -0.245. The van der Waals surface area contributed by atoms with E-state index < -0.39 is 0 Å². The Bertz CT molecular complexity index is 785. The molecule has 1 aliphatic rings. The van der Waals surface area contributed by atoms with Crippen LogP contribution in [0, 0.1) is 6.92 Å². The molecule has 146 valence electrons. The first-order valence-electron chi connectivity index (χ1n) is 9.03. The molecular weight excluding hydrogens is 350 g/mol. The summed E-state index contributed by atoms with van der Waals surface area (Å²) in [7, 11) is 1.57. The lowest BCUT2D eigenvalue weighted by Gasteiger charge is -2.24. The van der Waals surface area contributed by atoms with Crippen molar-refractivity contribution in [3.05, 3.63) is 29.8 Å². The molecule has 3 rings (SSSR count). The predicted molar refractivity (Wildman–Crippen MR) is 95.9 cm³/mol. The summed E-state index contributed by atoms with van der Waals surface area (Å²) in [6, 6.07) is 1.92. The normalized spacial score (nSPS) is 16.7. The minimum Gasteiger partial charge on any atom is -0.383 e. The summed E-state index contributed by atoms with van der Waals surface area (Å²) < 4.78 is 8.18. The lowest BCUT2D eigenvalue weighted by molar-refractivity contribution is -0.133. The van der Waals surface area contributed by atoms with Crippen molar-refractivity contribution in [2.45, 2.75) is 38.9 Å². The van der Waals surface area contributed by atoms with Crippen molar-refractivity contribution in [1.82, 2.24) is 35.0 Å². The second kappa shape index (κ2) is 8.76. The highest BCUT2D eigenvalue weighted by atomic mass is 16.5. The van der Waals surface area contributed by atoms with Gasteiger partial charge in [0.15, 0.2) is 5.69 Å². The number of hydrogen-bond donors (Lipinski definition) is 1. The molecule has 0 bridgehead atoms. The van der Waals surface area contributed by atoms with Crippen molar-refractivity contribution in [1.29, 1.82) is 0 Å². The molecule has 0 aromatic carbocycles. The molecule has 0 saturated carbocycles. The largest absolute Gasteiger partial charge is 0.383 e. The third-order valence-electron chi connectivity index (χ3n) is 4.53. The van der Waals surface area contributed by atoms with E-state index >= 15 is 0 Å². The summed E-state index contributed by atoms with van der Waals surface area (Å²) in [6.45, 7) is 4.22. The van der Waals surface area contributed by atoms with Crippen LogP contribution in [0.1, 0.15) is 29.0 Å². The number of aromatic nitrogens is 5. The maximum Gasteiger partial charge on any atom is 0.273 e. The Morgan fingerprint density at radius 2 is 2.22 bits per heavy atom. The quantitative estimate of drug-likeness (QED) is 0.643. The number of carbonyl (C=O) groups excluding carboxylic acids is 2. The summed E-state index contributed by atoms with van der Waals surface area (Å²) in [4.78, 5) is 26.5. The van der Waals surface area contributed by atoms with Crippen LogP contribution < -0.4 is 5.32 Å². The zero-order valence-corrected chi connectivity index (χ0v) is 15.7. The minimum absolute atomic E-state index is 0.0400. The van der Waals surface area contributed by atoms with E-state index in [-0.39, 0.29) is 30.1 Å². The molecule has 2 amide bonds. The highest BCUT2D eigenvalue weighted by Crippen LogP contribution is 2.19. The van der Waals surface area contributed by atoms with Crippen LogP contribution in [0.25, 0.3) is 0 Å². The number of hydrogen-bond acceptors (Lipinski definition) is 6. The third kappa shape index (κ3) is 4.91. The van der Waals surface area contributed by atoms with Crippen molar-refractivity contribution in [2.75, 3.05) is 26.8 Å². The van der Waals surface area contributed by atoms with Crippen LogP contribution in [-0.4, -0.2) is 74.3 Å². The SMILES string of the molecule is COCCNC(=O)c1cn(C[C@@H]2CCCN2C(=O)Cn2ccc(C)n2)nn1. The molecule has 1 saturated heterocycles. The maximum absolute atomic E-state index is 12.6. The molecule has 27 heavy (non-hydrogen) atoms. The minimum atomic E-state index is -0.285. The van der Waals surface area contributed by atoms with Crippen LogP contribution in [0.3, 0.4) is 0 Å². The van der Waals surface area contributed by atoms with Crippen LogP contribution in [0.4, 0.5) is 0 Å². The second-order valence-corrected chi connectivity index (χ2v) is 6.61. The zero-order valence-electron chi connectivity index (χ0n) is 15.7. The van der Waals surface area contributed by atoms with Gasteiger partial charge in [0.2, 0.25) is 5.91 Å². The van der Waals surface area contributed by atoms with Gasteiger partial charge in [0.05, 0.1) is 31.1 Å². The topological polar surface area (TPSA) is 107 Å². The Kier molecular flexibility index (Phi) is 6.17. The third-order valence-corrected chi connectivity index (χ3v) is 4.53. The number of rotatable bonds is 8. The molecule has 0 unspecified atom stereocenters. The van der Waals surface area contributed by atoms with Gasteiger partial charge in [-0.25, -0.2) is 4.68 Å². The van der Waals surface area contributed by atoms with E-state index in [0.717, 1.165) is 25.1 Å². The Hall–Kier alpha value is -2.75. The van der Waals surface area contributed by atoms with E-state index in [4.69, 9.17) is 4.74 Å². The number of nitrogens with one attached hydrogen (secondary N) is 1. The van der Waals surface area contributed by atoms with Crippen LogP contribution in [-0.2, 0) is 22.6 Å². The number of ether oxygens (including phenoxy) is 1. The summed E-state index contributed by atoms with van der Waals surface area (Å²) in [5, 5.41) is 14.9. The molecule has 10 heteroatoms. The Balaban J connectivity index is 1.56. The molecule has 1 N–H and O–H groups in total. The first-order chi connectivity index (χ1) is 13.1. The average molecular weight is 375 g/mol. The molecular formula is C17H25N7O3.